The highest BCUT2D eigenvalue weighted by atomic mass is 35.5. The van der Waals surface area contributed by atoms with E-state index in [1.54, 1.807) is 12.1 Å². The van der Waals surface area contributed by atoms with Gasteiger partial charge in [-0.2, -0.15) is 0 Å². The van der Waals surface area contributed by atoms with Gasteiger partial charge in [-0.1, -0.05) is 17.7 Å². The lowest BCUT2D eigenvalue weighted by Crippen LogP contribution is -2.51. The minimum atomic E-state index is -0.928. The Morgan fingerprint density at radius 2 is 1.67 bits per heavy atom. The lowest BCUT2D eigenvalue weighted by molar-refractivity contribution is -0.119. The number of carbonyl (C=O) groups is 2. The zero-order chi connectivity index (χ0) is 13.7. The molecule has 1 unspecified atom stereocenters. The first-order valence-corrected chi connectivity index (χ1v) is 6.20. The van der Waals surface area contributed by atoms with Crippen LogP contribution in [-0.2, 0) is 4.79 Å². The molecule has 1 aromatic rings. The second-order valence-corrected chi connectivity index (χ2v) is 5.02. The molecular weight excluding hydrogens is 275 g/mol. The largest absolute Gasteiger partial charge is 0.334 e. The van der Waals surface area contributed by atoms with Crippen molar-refractivity contribution in [3.63, 3.8) is 0 Å². The standard InChI is InChI=1S/C12H14Cl2N2O2/c1-7-3-5-9(6-4-7)12(18)16-11(10(13)14)15-8(2)17/h3-6,10-11H,1-2H3,(H,15,17)(H,16,18). The van der Waals surface area contributed by atoms with Gasteiger partial charge in [-0.05, 0) is 19.1 Å². The first-order chi connectivity index (χ1) is 8.40. The molecule has 0 spiro atoms. The molecule has 6 heteroatoms. The predicted molar refractivity (Wildman–Crippen MR) is 71.7 cm³/mol. The maximum absolute atomic E-state index is 11.9. The number of hydrogen-bond donors (Lipinski definition) is 2. The molecule has 1 rings (SSSR count). The molecule has 0 saturated carbocycles. The summed E-state index contributed by atoms with van der Waals surface area (Å²) in [5.41, 5.74) is 1.53. The van der Waals surface area contributed by atoms with Gasteiger partial charge in [0, 0.05) is 12.5 Å². The van der Waals surface area contributed by atoms with E-state index in [4.69, 9.17) is 23.2 Å². The van der Waals surface area contributed by atoms with Crippen LogP contribution in [0.1, 0.15) is 22.8 Å². The number of amides is 2. The van der Waals surface area contributed by atoms with Crippen LogP contribution in [0.3, 0.4) is 0 Å². The topological polar surface area (TPSA) is 58.2 Å². The summed E-state index contributed by atoms with van der Waals surface area (Å²) in [6.45, 7) is 3.25. The molecule has 0 aliphatic heterocycles. The molecule has 0 aliphatic rings. The molecule has 2 amide bonds. The third kappa shape index (κ3) is 4.55. The fourth-order valence-corrected chi connectivity index (χ4v) is 1.56. The van der Waals surface area contributed by atoms with Crippen molar-refractivity contribution in [2.75, 3.05) is 0 Å². The molecule has 4 nitrogen and oxygen atoms in total. The summed E-state index contributed by atoms with van der Waals surface area (Å²) in [6, 6.07) is 7.02. The average Bonchev–Trinajstić information content (AvgIpc) is 2.28. The molecule has 0 heterocycles. The Balaban J connectivity index is 2.72. The molecular formula is C12H14Cl2N2O2. The van der Waals surface area contributed by atoms with Gasteiger partial charge in [0.15, 0.2) is 0 Å². The van der Waals surface area contributed by atoms with Gasteiger partial charge in [-0.25, -0.2) is 0 Å². The van der Waals surface area contributed by atoms with Crippen LogP contribution < -0.4 is 10.6 Å². The average molecular weight is 289 g/mol. The predicted octanol–water partition coefficient (Wildman–Crippen LogP) is 1.99. The molecule has 1 aromatic carbocycles. The van der Waals surface area contributed by atoms with E-state index < -0.39 is 11.0 Å². The number of halogens is 2. The Bertz CT molecular complexity index is 432. The van der Waals surface area contributed by atoms with E-state index in [-0.39, 0.29) is 11.8 Å². The van der Waals surface area contributed by atoms with E-state index in [2.05, 4.69) is 10.6 Å². The maximum Gasteiger partial charge on any atom is 0.252 e. The highest BCUT2D eigenvalue weighted by Crippen LogP contribution is 2.08. The first-order valence-electron chi connectivity index (χ1n) is 5.33. The van der Waals surface area contributed by atoms with Gasteiger partial charge < -0.3 is 10.6 Å². The van der Waals surface area contributed by atoms with Crippen LogP contribution in [0.15, 0.2) is 24.3 Å². The van der Waals surface area contributed by atoms with Crippen molar-refractivity contribution in [2.45, 2.75) is 24.8 Å². The highest BCUT2D eigenvalue weighted by molar-refractivity contribution is 6.44. The summed E-state index contributed by atoms with van der Waals surface area (Å²) in [4.78, 5) is 21.9. The van der Waals surface area contributed by atoms with Gasteiger partial charge in [0.1, 0.15) is 11.0 Å². The lowest BCUT2D eigenvalue weighted by atomic mass is 10.1. The number of carbonyl (C=O) groups excluding carboxylic acids is 2. The van der Waals surface area contributed by atoms with Crippen molar-refractivity contribution in [3.8, 4) is 0 Å². The van der Waals surface area contributed by atoms with Crippen molar-refractivity contribution in [3.05, 3.63) is 35.4 Å². The van der Waals surface area contributed by atoms with E-state index in [9.17, 15) is 9.59 Å². The normalized spacial score (nSPS) is 12.1. The van der Waals surface area contributed by atoms with Crippen molar-refractivity contribution >= 4 is 35.0 Å². The number of alkyl halides is 2. The molecule has 0 fully saturated rings. The van der Waals surface area contributed by atoms with Gasteiger partial charge in [-0.3, -0.25) is 9.59 Å². The molecule has 2 N–H and O–H groups in total. The summed E-state index contributed by atoms with van der Waals surface area (Å²) in [5.74, 6) is -0.671. The van der Waals surface area contributed by atoms with Crippen molar-refractivity contribution in [2.24, 2.45) is 0 Å². The van der Waals surface area contributed by atoms with Gasteiger partial charge >= 0.3 is 0 Å². The number of nitrogens with one attached hydrogen (secondary N) is 2. The smallest absolute Gasteiger partial charge is 0.252 e. The fraction of sp³-hybridized carbons (Fsp3) is 0.333. The van der Waals surface area contributed by atoms with E-state index in [0.717, 1.165) is 5.56 Å². The molecule has 0 aliphatic carbocycles. The molecule has 98 valence electrons. The maximum atomic E-state index is 11.9. The van der Waals surface area contributed by atoms with E-state index >= 15 is 0 Å². The molecule has 0 saturated heterocycles. The van der Waals surface area contributed by atoms with Crippen LogP contribution in [0, 0.1) is 6.92 Å². The van der Waals surface area contributed by atoms with Gasteiger partial charge in [0.25, 0.3) is 5.91 Å². The Labute approximate surface area is 116 Å². The second kappa shape index (κ2) is 6.61. The van der Waals surface area contributed by atoms with Crippen molar-refractivity contribution in [1.82, 2.24) is 10.6 Å². The van der Waals surface area contributed by atoms with Gasteiger partial charge in [0.05, 0.1) is 0 Å². The minimum absolute atomic E-state index is 0.324. The fourth-order valence-electron chi connectivity index (χ4n) is 1.31. The SMILES string of the molecule is CC(=O)NC(NC(=O)c1ccc(C)cc1)C(Cl)Cl. The Morgan fingerprint density at radius 1 is 1.11 bits per heavy atom. The van der Waals surface area contributed by atoms with Crippen molar-refractivity contribution in [1.29, 1.82) is 0 Å². The van der Waals surface area contributed by atoms with E-state index in [1.807, 2.05) is 19.1 Å². The quantitative estimate of drug-likeness (QED) is 0.658. The van der Waals surface area contributed by atoms with Gasteiger partial charge in [0.2, 0.25) is 5.91 Å². The summed E-state index contributed by atoms with van der Waals surface area (Å²) in [7, 11) is 0. The van der Waals surface area contributed by atoms with Crippen LogP contribution in [0.5, 0.6) is 0 Å². The second-order valence-electron chi connectivity index (χ2n) is 3.85. The molecule has 18 heavy (non-hydrogen) atoms. The third-order valence-electron chi connectivity index (χ3n) is 2.21. The number of rotatable bonds is 4. The number of benzene rings is 1. The first kappa shape index (κ1) is 14.8. The zero-order valence-electron chi connectivity index (χ0n) is 10.0. The lowest BCUT2D eigenvalue weighted by Gasteiger charge is -2.20. The third-order valence-corrected chi connectivity index (χ3v) is 2.72. The Hall–Kier alpha value is -1.26. The Morgan fingerprint density at radius 3 is 2.11 bits per heavy atom. The van der Waals surface area contributed by atoms with Crippen molar-refractivity contribution < 1.29 is 9.59 Å². The molecule has 0 aromatic heterocycles. The summed E-state index contributed by atoms with van der Waals surface area (Å²) < 4.78 is 0. The Kier molecular flexibility index (Phi) is 5.44. The molecule has 0 radical (unpaired) electrons. The van der Waals surface area contributed by atoms with Crippen LogP contribution in [-0.4, -0.2) is 22.8 Å². The summed E-state index contributed by atoms with van der Waals surface area (Å²) in [6.07, 6.45) is -0.820. The van der Waals surface area contributed by atoms with E-state index in [1.165, 1.54) is 6.92 Å². The zero-order valence-corrected chi connectivity index (χ0v) is 11.5. The highest BCUT2D eigenvalue weighted by Gasteiger charge is 2.20. The minimum Gasteiger partial charge on any atom is -0.334 e. The molecule has 1 atom stereocenters. The monoisotopic (exact) mass is 288 g/mol. The molecule has 0 bridgehead atoms. The van der Waals surface area contributed by atoms with Crippen LogP contribution in [0.4, 0.5) is 0 Å². The van der Waals surface area contributed by atoms with E-state index in [0.29, 0.717) is 5.56 Å². The number of aryl methyl sites for hydroxylation is 1. The van der Waals surface area contributed by atoms with Crippen LogP contribution in [0.25, 0.3) is 0 Å². The number of hydrogen-bond acceptors (Lipinski definition) is 2. The van der Waals surface area contributed by atoms with Crippen LogP contribution >= 0.6 is 23.2 Å². The summed E-state index contributed by atoms with van der Waals surface area (Å²) in [5, 5.41) is 5.01. The van der Waals surface area contributed by atoms with Crippen LogP contribution in [0.2, 0.25) is 0 Å². The van der Waals surface area contributed by atoms with Gasteiger partial charge in [-0.15, -0.1) is 23.2 Å². The summed E-state index contributed by atoms with van der Waals surface area (Å²) >= 11 is 11.4.